The van der Waals surface area contributed by atoms with E-state index in [1.807, 2.05) is 27.0 Å². The van der Waals surface area contributed by atoms with Crippen molar-refractivity contribution in [2.45, 2.75) is 63.6 Å². The number of pyridine rings is 1. The number of ether oxygens (including phenoxy) is 1. The molecule has 2 aliphatic rings. The minimum absolute atomic E-state index is 0.114. The van der Waals surface area contributed by atoms with Crippen LogP contribution in [0.4, 0.5) is 19.0 Å². The maximum atomic E-state index is 13.1. The van der Waals surface area contributed by atoms with Crippen molar-refractivity contribution in [1.82, 2.24) is 14.8 Å². The Morgan fingerprint density at radius 3 is 2.77 bits per heavy atom. The van der Waals surface area contributed by atoms with Crippen molar-refractivity contribution in [3.63, 3.8) is 0 Å². The molecule has 4 heterocycles. The third kappa shape index (κ3) is 3.58. The van der Waals surface area contributed by atoms with Gasteiger partial charge < -0.3 is 15.2 Å². The molecule has 2 N–H and O–H groups in total. The van der Waals surface area contributed by atoms with Gasteiger partial charge in [0.1, 0.15) is 5.82 Å². The molecule has 0 spiro atoms. The molecule has 0 aliphatic carbocycles. The lowest BCUT2D eigenvalue weighted by atomic mass is 9.74. The van der Waals surface area contributed by atoms with Gasteiger partial charge in [-0.3, -0.25) is 9.48 Å². The molecule has 2 saturated heterocycles. The number of aryl methyl sites for hydroxylation is 1. The predicted molar refractivity (Wildman–Crippen MR) is 101 cm³/mol. The van der Waals surface area contributed by atoms with E-state index in [-0.39, 0.29) is 11.9 Å². The monoisotopic (exact) mass is 424 g/mol. The van der Waals surface area contributed by atoms with Crippen molar-refractivity contribution in [3.05, 3.63) is 41.3 Å². The molecule has 1 amide bonds. The van der Waals surface area contributed by atoms with Crippen LogP contribution in [-0.4, -0.2) is 44.1 Å². The van der Waals surface area contributed by atoms with Gasteiger partial charge in [-0.15, -0.1) is 0 Å². The molecular formula is C20H23F3N4O3. The number of nitrogens with one attached hydrogen (secondary N) is 1. The molecule has 5 atom stereocenters. The normalized spacial score (nSPS) is 28.3. The number of hydrogen-bond acceptors (Lipinski definition) is 5. The Kier molecular flexibility index (Phi) is 5.09. The fourth-order valence-electron chi connectivity index (χ4n) is 4.39. The zero-order valence-corrected chi connectivity index (χ0v) is 16.7. The van der Waals surface area contributed by atoms with Crippen LogP contribution in [-0.2, 0) is 15.7 Å². The fourth-order valence-corrected chi connectivity index (χ4v) is 4.39. The first-order valence-corrected chi connectivity index (χ1v) is 9.79. The zero-order chi connectivity index (χ0) is 21.8. The molecule has 0 saturated carbocycles. The van der Waals surface area contributed by atoms with E-state index in [9.17, 15) is 23.1 Å². The van der Waals surface area contributed by atoms with Crippen LogP contribution in [0.25, 0.3) is 0 Å². The molecule has 2 aliphatic heterocycles. The molecule has 162 valence electrons. The maximum absolute atomic E-state index is 13.1. The van der Waals surface area contributed by atoms with Crippen molar-refractivity contribution in [1.29, 1.82) is 0 Å². The smallest absolute Gasteiger partial charge is 0.390 e. The van der Waals surface area contributed by atoms with Crippen molar-refractivity contribution in [2.24, 2.45) is 5.92 Å². The number of fused-ring (bicyclic) bond motifs is 2. The minimum atomic E-state index is -4.53. The van der Waals surface area contributed by atoms with E-state index < -0.39 is 47.8 Å². The lowest BCUT2D eigenvalue weighted by molar-refractivity contribution is -0.137. The number of alkyl halides is 3. The SMILES string of the molecule is Cc1nn(C(C)C)cc1[C@H]1[C@H]2O[C@H](C[C@@H]2O)[C@@H]1C(=O)Nc1cc(C(F)(F)F)ccn1. The van der Waals surface area contributed by atoms with Gasteiger partial charge in [0.15, 0.2) is 0 Å². The number of rotatable bonds is 4. The quantitative estimate of drug-likeness (QED) is 0.788. The van der Waals surface area contributed by atoms with E-state index in [0.29, 0.717) is 6.42 Å². The van der Waals surface area contributed by atoms with Gasteiger partial charge in [-0.25, -0.2) is 4.98 Å². The molecule has 4 rings (SSSR count). The highest BCUT2D eigenvalue weighted by Crippen LogP contribution is 2.50. The molecule has 2 bridgehead atoms. The Morgan fingerprint density at radius 2 is 2.13 bits per heavy atom. The highest BCUT2D eigenvalue weighted by molar-refractivity contribution is 5.93. The number of amides is 1. The minimum Gasteiger partial charge on any atom is -0.390 e. The summed E-state index contributed by atoms with van der Waals surface area (Å²) < 4.78 is 46.6. The average Bonchev–Trinajstić information content (AvgIpc) is 3.32. The summed E-state index contributed by atoms with van der Waals surface area (Å²) in [7, 11) is 0. The number of nitrogens with zero attached hydrogens (tertiary/aromatic N) is 3. The van der Waals surface area contributed by atoms with Crippen LogP contribution in [0.15, 0.2) is 24.5 Å². The number of aliphatic hydroxyl groups is 1. The number of aromatic nitrogens is 3. The second-order valence-electron chi connectivity index (χ2n) is 8.15. The summed E-state index contributed by atoms with van der Waals surface area (Å²) in [6.45, 7) is 5.79. The first kappa shape index (κ1) is 20.8. The number of carbonyl (C=O) groups is 1. The number of hydrogen-bond donors (Lipinski definition) is 2. The number of carbonyl (C=O) groups excluding carboxylic acids is 1. The maximum Gasteiger partial charge on any atom is 0.416 e. The summed E-state index contributed by atoms with van der Waals surface area (Å²) in [6.07, 6.45) is -3.18. The molecule has 0 unspecified atom stereocenters. The van der Waals surface area contributed by atoms with Crippen molar-refractivity contribution < 1.29 is 27.8 Å². The Hall–Kier alpha value is -2.46. The zero-order valence-electron chi connectivity index (χ0n) is 16.7. The van der Waals surface area contributed by atoms with Crippen LogP contribution >= 0.6 is 0 Å². The molecule has 0 aromatic carbocycles. The summed E-state index contributed by atoms with van der Waals surface area (Å²) in [5.41, 5.74) is 0.636. The first-order valence-electron chi connectivity index (χ1n) is 9.79. The van der Waals surface area contributed by atoms with Crippen LogP contribution in [0, 0.1) is 12.8 Å². The van der Waals surface area contributed by atoms with Crippen molar-refractivity contribution in [2.75, 3.05) is 5.32 Å². The standard InChI is InChI=1S/C20H23F3N4O3/c1-9(2)27-8-12(10(3)26-27)16-17(14-7-13(28)18(16)30-14)19(29)25-15-6-11(4-5-24-15)20(21,22)23/h4-6,8-9,13-14,16-18,28H,7H2,1-3H3,(H,24,25,29)/t13-,14+,16+,17-,18-/m0/s1. The summed E-state index contributed by atoms with van der Waals surface area (Å²) in [5, 5.41) is 17.3. The van der Waals surface area contributed by atoms with E-state index in [0.717, 1.165) is 29.6 Å². The van der Waals surface area contributed by atoms with Crippen LogP contribution < -0.4 is 5.32 Å². The van der Waals surface area contributed by atoms with E-state index >= 15 is 0 Å². The van der Waals surface area contributed by atoms with Gasteiger partial charge in [0.2, 0.25) is 5.91 Å². The van der Waals surface area contributed by atoms with Crippen LogP contribution in [0.1, 0.15) is 49.0 Å². The number of anilines is 1. The predicted octanol–water partition coefficient (Wildman–Crippen LogP) is 3.06. The molecule has 7 nitrogen and oxygen atoms in total. The molecular weight excluding hydrogens is 401 g/mol. The second-order valence-corrected chi connectivity index (χ2v) is 8.15. The highest BCUT2D eigenvalue weighted by atomic mass is 19.4. The highest BCUT2D eigenvalue weighted by Gasteiger charge is 2.57. The van der Waals surface area contributed by atoms with Gasteiger partial charge in [-0.05, 0) is 38.5 Å². The third-order valence-corrected chi connectivity index (χ3v) is 5.81. The van der Waals surface area contributed by atoms with Gasteiger partial charge in [0, 0.05) is 30.8 Å². The summed E-state index contributed by atoms with van der Waals surface area (Å²) in [4.78, 5) is 16.9. The number of halogens is 3. The van der Waals surface area contributed by atoms with Gasteiger partial charge in [0.05, 0.1) is 35.5 Å². The lowest BCUT2D eigenvalue weighted by Gasteiger charge is -2.29. The average molecular weight is 424 g/mol. The molecule has 2 aromatic heterocycles. The molecule has 30 heavy (non-hydrogen) atoms. The molecule has 0 radical (unpaired) electrons. The second kappa shape index (κ2) is 7.35. The van der Waals surface area contributed by atoms with Crippen LogP contribution in [0.3, 0.4) is 0 Å². The third-order valence-electron chi connectivity index (χ3n) is 5.81. The Labute approximate surface area is 171 Å². The fraction of sp³-hybridized carbons (Fsp3) is 0.550. The number of aliphatic hydroxyl groups excluding tert-OH is 1. The lowest BCUT2D eigenvalue weighted by Crippen LogP contribution is -2.41. The van der Waals surface area contributed by atoms with E-state index in [4.69, 9.17) is 4.74 Å². The first-order chi connectivity index (χ1) is 14.1. The summed E-state index contributed by atoms with van der Waals surface area (Å²) >= 11 is 0. The Balaban J connectivity index is 1.63. The van der Waals surface area contributed by atoms with Gasteiger partial charge in [0.25, 0.3) is 0 Å². The van der Waals surface area contributed by atoms with Gasteiger partial charge in [-0.2, -0.15) is 18.3 Å². The van der Waals surface area contributed by atoms with Crippen molar-refractivity contribution in [3.8, 4) is 0 Å². The summed E-state index contributed by atoms with van der Waals surface area (Å²) in [5.74, 6) is -1.77. The van der Waals surface area contributed by atoms with E-state index in [2.05, 4.69) is 15.4 Å². The van der Waals surface area contributed by atoms with Crippen molar-refractivity contribution >= 4 is 11.7 Å². The van der Waals surface area contributed by atoms with Crippen LogP contribution in [0.2, 0.25) is 0 Å². The summed E-state index contributed by atoms with van der Waals surface area (Å²) in [6, 6.07) is 1.76. The Morgan fingerprint density at radius 1 is 1.40 bits per heavy atom. The van der Waals surface area contributed by atoms with Gasteiger partial charge in [-0.1, -0.05) is 0 Å². The Bertz CT molecular complexity index is 959. The molecule has 2 fully saturated rings. The van der Waals surface area contributed by atoms with E-state index in [1.54, 1.807) is 4.68 Å². The van der Waals surface area contributed by atoms with Gasteiger partial charge >= 0.3 is 6.18 Å². The van der Waals surface area contributed by atoms with Crippen LogP contribution in [0.5, 0.6) is 0 Å². The topological polar surface area (TPSA) is 89.3 Å². The molecule has 10 heteroatoms. The molecule has 2 aromatic rings. The van der Waals surface area contributed by atoms with E-state index in [1.165, 1.54) is 0 Å². The largest absolute Gasteiger partial charge is 0.416 e.